The number of carbonyl (C=O) groups excluding carboxylic acids is 1. The van der Waals surface area contributed by atoms with Crippen molar-refractivity contribution < 1.29 is 14.3 Å². The van der Waals surface area contributed by atoms with E-state index in [0.29, 0.717) is 0 Å². The molecule has 180 valence electrons. The summed E-state index contributed by atoms with van der Waals surface area (Å²) >= 11 is 0. The number of hydrogen-bond donors (Lipinski definition) is 2. The Bertz CT molecular complexity index is 901. The lowest BCUT2D eigenvalue weighted by Crippen LogP contribution is -2.45. The first-order chi connectivity index (χ1) is 15.5. The van der Waals surface area contributed by atoms with Crippen LogP contribution in [0.1, 0.15) is 25.8 Å². The number of nitrogens with zero attached hydrogens (tertiary/aromatic N) is 2. The number of carbonyl (C=O) groups is 1. The molecule has 1 amide bonds. The quantitative estimate of drug-likeness (QED) is 0.287. The molecular formula is C25H35IN4O3. The van der Waals surface area contributed by atoms with Crippen molar-refractivity contribution in [1.82, 2.24) is 15.5 Å². The van der Waals surface area contributed by atoms with Crippen molar-refractivity contribution in [2.24, 2.45) is 10.9 Å². The predicted molar refractivity (Wildman–Crippen MR) is 143 cm³/mol. The van der Waals surface area contributed by atoms with Gasteiger partial charge in [-0.05, 0) is 54.8 Å². The highest BCUT2D eigenvalue weighted by molar-refractivity contribution is 14.0. The van der Waals surface area contributed by atoms with Crippen molar-refractivity contribution in [1.29, 1.82) is 0 Å². The van der Waals surface area contributed by atoms with Crippen LogP contribution in [0, 0.1) is 5.92 Å². The van der Waals surface area contributed by atoms with Gasteiger partial charge in [0.2, 0.25) is 5.91 Å². The predicted octanol–water partition coefficient (Wildman–Crippen LogP) is 4.07. The molecule has 0 saturated carbocycles. The fraction of sp³-hybridized carbons (Fsp3) is 0.440. The normalized spacial score (nSPS) is 15.7. The zero-order valence-corrected chi connectivity index (χ0v) is 22.2. The molecule has 1 heterocycles. The lowest BCUT2D eigenvalue weighted by Gasteiger charge is -2.20. The molecule has 2 N–H and O–H groups in total. The number of amides is 1. The lowest BCUT2D eigenvalue weighted by molar-refractivity contribution is -0.133. The highest BCUT2D eigenvalue weighted by atomic mass is 127. The van der Waals surface area contributed by atoms with Gasteiger partial charge in [0.15, 0.2) is 5.96 Å². The van der Waals surface area contributed by atoms with E-state index in [1.165, 1.54) is 5.56 Å². The van der Waals surface area contributed by atoms with Crippen LogP contribution in [0.15, 0.2) is 53.5 Å². The maximum Gasteiger partial charge on any atom is 0.225 e. The summed E-state index contributed by atoms with van der Waals surface area (Å²) in [6.07, 6.45) is 1.81. The molecule has 33 heavy (non-hydrogen) atoms. The Morgan fingerprint density at radius 1 is 1.09 bits per heavy atom. The highest BCUT2D eigenvalue weighted by Crippen LogP contribution is 2.24. The van der Waals surface area contributed by atoms with E-state index in [1.807, 2.05) is 55.1 Å². The number of guanidine groups is 1. The molecule has 0 spiro atoms. The van der Waals surface area contributed by atoms with E-state index in [1.54, 1.807) is 14.2 Å². The molecule has 1 aliphatic rings. The monoisotopic (exact) mass is 566 g/mol. The average Bonchev–Trinajstić information content (AvgIpc) is 3.28. The number of nitrogens with one attached hydrogen (secondary N) is 2. The average molecular weight is 566 g/mol. The Hall–Kier alpha value is -2.49. The van der Waals surface area contributed by atoms with Crippen molar-refractivity contribution >= 4 is 35.8 Å². The molecule has 0 radical (unpaired) electrons. The Morgan fingerprint density at radius 2 is 1.70 bits per heavy atom. The summed E-state index contributed by atoms with van der Waals surface area (Å²) in [6.45, 7) is 6.19. The van der Waals surface area contributed by atoms with Gasteiger partial charge in [0.25, 0.3) is 0 Å². The van der Waals surface area contributed by atoms with Gasteiger partial charge in [0, 0.05) is 38.6 Å². The topological polar surface area (TPSA) is 75.2 Å². The van der Waals surface area contributed by atoms with Crippen LogP contribution in [-0.2, 0) is 11.2 Å². The highest BCUT2D eigenvalue weighted by Gasteiger charge is 2.27. The first-order valence-corrected chi connectivity index (χ1v) is 11.2. The Labute approximate surface area is 214 Å². The minimum Gasteiger partial charge on any atom is -0.497 e. The van der Waals surface area contributed by atoms with Gasteiger partial charge < -0.3 is 25.0 Å². The van der Waals surface area contributed by atoms with Gasteiger partial charge in [-0.2, -0.15) is 0 Å². The van der Waals surface area contributed by atoms with Crippen LogP contribution >= 0.6 is 24.0 Å². The van der Waals surface area contributed by atoms with Crippen molar-refractivity contribution in [2.45, 2.75) is 32.7 Å². The number of likely N-dealkylation sites (tertiary alicyclic amines) is 1. The van der Waals surface area contributed by atoms with Crippen LogP contribution in [0.25, 0.3) is 0 Å². The van der Waals surface area contributed by atoms with Gasteiger partial charge in [0.1, 0.15) is 17.2 Å². The molecule has 2 aromatic rings. The van der Waals surface area contributed by atoms with E-state index in [4.69, 9.17) is 9.47 Å². The molecule has 1 fully saturated rings. The number of ether oxygens (including phenoxy) is 2. The van der Waals surface area contributed by atoms with Gasteiger partial charge in [0.05, 0.1) is 7.11 Å². The molecule has 8 heteroatoms. The summed E-state index contributed by atoms with van der Waals surface area (Å²) < 4.78 is 11.0. The third-order valence-electron chi connectivity index (χ3n) is 5.48. The van der Waals surface area contributed by atoms with Crippen molar-refractivity contribution in [2.75, 3.05) is 33.8 Å². The lowest BCUT2D eigenvalue weighted by atomic mass is 10.1. The molecule has 3 rings (SSSR count). The van der Waals surface area contributed by atoms with Crippen LogP contribution in [0.2, 0.25) is 0 Å². The van der Waals surface area contributed by atoms with Crippen LogP contribution in [-0.4, -0.2) is 56.6 Å². The van der Waals surface area contributed by atoms with Crippen molar-refractivity contribution in [3.05, 3.63) is 54.1 Å². The van der Waals surface area contributed by atoms with E-state index < -0.39 is 0 Å². The van der Waals surface area contributed by atoms with Crippen molar-refractivity contribution in [3.8, 4) is 17.2 Å². The Balaban J connectivity index is 0.00000385. The number of halogens is 1. The van der Waals surface area contributed by atoms with Gasteiger partial charge in [-0.15, -0.1) is 24.0 Å². The molecule has 0 aromatic heterocycles. The zero-order chi connectivity index (χ0) is 22.9. The number of hydrogen-bond acceptors (Lipinski definition) is 4. The summed E-state index contributed by atoms with van der Waals surface area (Å²) in [4.78, 5) is 18.4. The Kier molecular flexibility index (Phi) is 10.8. The Morgan fingerprint density at radius 3 is 2.27 bits per heavy atom. The molecule has 0 bridgehead atoms. The molecule has 7 nitrogen and oxygen atoms in total. The SMILES string of the molecule is CN=C(NCCc1ccc(Oc2ccc(OC)cc2)cc1)NC1CCN(C(=O)C(C)C)C1.I. The first-order valence-electron chi connectivity index (χ1n) is 11.2. The largest absolute Gasteiger partial charge is 0.497 e. The molecule has 1 atom stereocenters. The van der Waals surface area contributed by atoms with Gasteiger partial charge in [-0.3, -0.25) is 9.79 Å². The molecule has 1 unspecified atom stereocenters. The van der Waals surface area contributed by atoms with Gasteiger partial charge >= 0.3 is 0 Å². The van der Waals surface area contributed by atoms with E-state index in [0.717, 1.165) is 55.7 Å². The summed E-state index contributed by atoms with van der Waals surface area (Å²) in [5.41, 5.74) is 1.21. The van der Waals surface area contributed by atoms with Crippen LogP contribution < -0.4 is 20.1 Å². The fourth-order valence-corrected chi connectivity index (χ4v) is 3.66. The molecular weight excluding hydrogens is 531 g/mol. The minimum absolute atomic E-state index is 0. The zero-order valence-electron chi connectivity index (χ0n) is 19.8. The molecule has 1 saturated heterocycles. The smallest absolute Gasteiger partial charge is 0.225 e. The second-order valence-electron chi connectivity index (χ2n) is 8.24. The van der Waals surface area contributed by atoms with E-state index in [9.17, 15) is 4.79 Å². The first kappa shape index (κ1) is 26.8. The third-order valence-corrected chi connectivity index (χ3v) is 5.48. The second kappa shape index (κ2) is 13.3. The minimum atomic E-state index is 0. The van der Waals surface area contributed by atoms with Crippen LogP contribution in [0.5, 0.6) is 17.2 Å². The number of aliphatic imine (C=N–C) groups is 1. The molecule has 2 aromatic carbocycles. The van der Waals surface area contributed by atoms with E-state index in [2.05, 4.69) is 27.8 Å². The molecule has 0 aliphatic carbocycles. The third kappa shape index (κ3) is 8.10. The van der Waals surface area contributed by atoms with Gasteiger partial charge in [-0.25, -0.2) is 0 Å². The van der Waals surface area contributed by atoms with Crippen LogP contribution in [0.4, 0.5) is 0 Å². The maximum atomic E-state index is 12.2. The van der Waals surface area contributed by atoms with Crippen LogP contribution in [0.3, 0.4) is 0 Å². The number of rotatable bonds is 8. The summed E-state index contributed by atoms with van der Waals surface area (Å²) in [5.74, 6) is 3.41. The number of methoxy groups -OCH3 is 1. The second-order valence-corrected chi connectivity index (χ2v) is 8.24. The molecule has 1 aliphatic heterocycles. The van der Waals surface area contributed by atoms with Gasteiger partial charge in [-0.1, -0.05) is 26.0 Å². The standard InChI is InChI=1S/C25H34N4O3.HI/c1-18(2)24(30)29-16-14-20(17-29)28-25(26-3)27-15-13-19-5-7-22(8-6-19)32-23-11-9-21(31-4)10-12-23;/h5-12,18,20H,13-17H2,1-4H3,(H2,26,27,28);1H. The van der Waals surface area contributed by atoms with Crippen molar-refractivity contribution in [3.63, 3.8) is 0 Å². The summed E-state index contributed by atoms with van der Waals surface area (Å²) in [5, 5.41) is 6.81. The maximum absolute atomic E-state index is 12.2. The van der Waals surface area contributed by atoms with E-state index in [-0.39, 0.29) is 41.8 Å². The van der Waals surface area contributed by atoms with E-state index >= 15 is 0 Å². The fourth-order valence-electron chi connectivity index (χ4n) is 3.66. The number of benzene rings is 2. The summed E-state index contributed by atoms with van der Waals surface area (Å²) in [7, 11) is 3.42. The summed E-state index contributed by atoms with van der Waals surface area (Å²) in [6, 6.07) is 15.9.